The molecule has 33 heavy (non-hydrogen) atoms. The van der Waals surface area contributed by atoms with Crippen molar-refractivity contribution in [2.45, 2.75) is 38.6 Å². The molecule has 174 valence electrons. The average molecular weight is 449 g/mol. The number of rotatable bonds is 5. The number of ether oxygens (including phenoxy) is 1. The zero-order chi connectivity index (χ0) is 24.2. The van der Waals surface area contributed by atoms with Gasteiger partial charge in [0.25, 0.3) is 0 Å². The molecule has 7 heteroatoms. The van der Waals surface area contributed by atoms with Crippen molar-refractivity contribution in [3.05, 3.63) is 36.0 Å². The van der Waals surface area contributed by atoms with Crippen molar-refractivity contribution in [3.8, 4) is 11.3 Å². The van der Waals surface area contributed by atoms with E-state index in [1.165, 1.54) is 5.56 Å². The number of hydrogen-bond donors (Lipinski definition) is 1. The van der Waals surface area contributed by atoms with Crippen LogP contribution in [0.25, 0.3) is 22.2 Å². The lowest BCUT2D eigenvalue weighted by molar-refractivity contribution is 0.0545. The average Bonchev–Trinajstić information content (AvgIpc) is 3.54. The standard InChI is InChI=1S/C26H34N6O/c1-17-22(3-4-25-23(17)16-31(2)30-25)24-5-6-26(29-28-24)27-21-11-19-14-32(15-20(19)12-21)13-18-7-9-33-10-8-18/h3-6,16,18-21H,7-15H2,1-2H3,(H,27,29)/t19-,20+,21?/i13D2. The van der Waals surface area contributed by atoms with E-state index in [-0.39, 0.29) is 5.92 Å². The normalized spacial score (nSPS) is 27.5. The molecule has 1 N–H and O–H groups in total. The van der Waals surface area contributed by atoms with Crippen LogP contribution in [0.4, 0.5) is 5.82 Å². The van der Waals surface area contributed by atoms with E-state index in [0.717, 1.165) is 66.8 Å². The predicted octanol–water partition coefficient (Wildman–Crippen LogP) is 3.89. The molecule has 3 aliphatic rings. The van der Waals surface area contributed by atoms with Crippen molar-refractivity contribution >= 4 is 16.7 Å². The molecule has 2 saturated heterocycles. The molecule has 3 aromatic rings. The number of nitrogens with zero attached hydrogens (tertiary/aromatic N) is 5. The van der Waals surface area contributed by atoms with Crippen LogP contribution in [0, 0.1) is 24.7 Å². The summed E-state index contributed by atoms with van der Waals surface area (Å²) in [6.07, 6.45) is 5.82. The molecule has 1 saturated carbocycles. The van der Waals surface area contributed by atoms with Gasteiger partial charge in [0.2, 0.25) is 0 Å². The maximum absolute atomic E-state index is 8.78. The van der Waals surface area contributed by atoms with Crippen LogP contribution in [0.2, 0.25) is 0 Å². The summed E-state index contributed by atoms with van der Waals surface area (Å²) in [5.41, 5.74) is 4.11. The highest BCUT2D eigenvalue weighted by molar-refractivity contribution is 5.88. The molecule has 0 spiro atoms. The van der Waals surface area contributed by atoms with Gasteiger partial charge in [0, 0.05) is 65.8 Å². The molecule has 1 aliphatic carbocycles. The van der Waals surface area contributed by atoms with Gasteiger partial charge in [-0.1, -0.05) is 6.07 Å². The van der Waals surface area contributed by atoms with Crippen LogP contribution in [0.15, 0.2) is 30.5 Å². The van der Waals surface area contributed by atoms with Gasteiger partial charge in [-0.3, -0.25) is 4.68 Å². The van der Waals surface area contributed by atoms with Crippen LogP contribution in [-0.2, 0) is 11.8 Å². The molecule has 2 aromatic heterocycles. The number of aromatic nitrogens is 4. The van der Waals surface area contributed by atoms with Crippen molar-refractivity contribution in [2.75, 3.05) is 38.1 Å². The van der Waals surface area contributed by atoms with E-state index < -0.39 is 6.50 Å². The smallest absolute Gasteiger partial charge is 0.148 e. The van der Waals surface area contributed by atoms with Gasteiger partial charge in [-0.15, -0.1) is 10.2 Å². The molecule has 1 aromatic carbocycles. The van der Waals surface area contributed by atoms with Gasteiger partial charge in [-0.2, -0.15) is 5.10 Å². The number of nitrogens with one attached hydrogen (secondary N) is 1. The Bertz CT molecular complexity index is 1190. The third kappa shape index (κ3) is 4.24. The number of benzene rings is 1. The Hall–Kier alpha value is -2.51. The zero-order valence-electron chi connectivity index (χ0n) is 21.5. The summed E-state index contributed by atoms with van der Waals surface area (Å²) in [6, 6.07) is 8.55. The van der Waals surface area contributed by atoms with Gasteiger partial charge in [0.05, 0.1) is 11.2 Å². The predicted molar refractivity (Wildman–Crippen MR) is 130 cm³/mol. The fraction of sp³-hybridized carbons (Fsp3) is 0.577. The number of likely N-dealkylation sites (tertiary alicyclic amines) is 1. The topological polar surface area (TPSA) is 68.1 Å². The van der Waals surface area contributed by atoms with E-state index >= 15 is 0 Å². The van der Waals surface area contributed by atoms with Crippen molar-refractivity contribution in [2.24, 2.45) is 24.8 Å². The van der Waals surface area contributed by atoms with E-state index in [1.807, 2.05) is 36.1 Å². The minimum Gasteiger partial charge on any atom is -0.381 e. The first-order valence-corrected chi connectivity index (χ1v) is 12.2. The Morgan fingerprint density at radius 2 is 1.88 bits per heavy atom. The summed E-state index contributed by atoms with van der Waals surface area (Å²) in [6.45, 7) is 3.97. The molecule has 6 rings (SSSR count). The molecule has 1 unspecified atom stereocenters. The zero-order valence-corrected chi connectivity index (χ0v) is 19.5. The van der Waals surface area contributed by atoms with Crippen LogP contribution in [0.1, 0.15) is 34.0 Å². The maximum Gasteiger partial charge on any atom is 0.148 e. The summed E-state index contributed by atoms with van der Waals surface area (Å²) in [5, 5.41) is 18.2. The third-order valence-electron chi connectivity index (χ3n) is 7.70. The van der Waals surface area contributed by atoms with Gasteiger partial charge in [-0.05, 0) is 74.1 Å². The Morgan fingerprint density at radius 3 is 2.61 bits per heavy atom. The minimum atomic E-state index is -1.23. The number of anilines is 1. The molecule has 7 nitrogen and oxygen atoms in total. The second kappa shape index (κ2) is 8.69. The van der Waals surface area contributed by atoms with Crippen molar-refractivity contribution < 1.29 is 7.48 Å². The molecule has 2 aliphatic heterocycles. The van der Waals surface area contributed by atoms with Crippen molar-refractivity contribution in [1.29, 1.82) is 0 Å². The molecule has 3 atom stereocenters. The lowest BCUT2D eigenvalue weighted by atomic mass is 10.00. The molecular formula is C26H34N6O. The molecule has 0 amide bonds. The monoisotopic (exact) mass is 448 g/mol. The van der Waals surface area contributed by atoms with E-state index in [9.17, 15) is 0 Å². The van der Waals surface area contributed by atoms with Crippen LogP contribution in [0.3, 0.4) is 0 Å². The lowest BCUT2D eigenvalue weighted by Crippen LogP contribution is -2.32. The fourth-order valence-corrected chi connectivity index (χ4v) is 6.00. The Labute approximate surface area is 198 Å². The minimum absolute atomic E-state index is 0.0836. The van der Waals surface area contributed by atoms with E-state index in [2.05, 4.69) is 38.5 Å². The molecule has 0 bridgehead atoms. The summed E-state index contributed by atoms with van der Waals surface area (Å²) in [4.78, 5) is 2.12. The highest BCUT2D eigenvalue weighted by atomic mass is 16.5. The molecule has 3 fully saturated rings. The third-order valence-corrected chi connectivity index (χ3v) is 7.70. The largest absolute Gasteiger partial charge is 0.381 e. The van der Waals surface area contributed by atoms with Gasteiger partial charge in [0.1, 0.15) is 5.82 Å². The number of aryl methyl sites for hydroxylation is 2. The molecule has 0 radical (unpaired) electrons. The first kappa shape index (κ1) is 18.9. The maximum atomic E-state index is 8.78. The summed E-state index contributed by atoms with van der Waals surface area (Å²) in [5.74, 6) is 1.99. The van der Waals surface area contributed by atoms with E-state index in [0.29, 0.717) is 31.1 Å². The highest BCUT2D eigenvalue weighted by Gasteiger charge is 2.41. The quantitative estimate of drug-likeness (QED) is 0.639. The second-order valence-electron chi connectivity index (χ2n) is 10.0. The number of fused-ring (bicyclic) bond motifs is 2. The Balaban J connectivity index is 1.08. The van der Waals surface area contributed by atoms with Gasteiger partial charge >= 0.3 is 0 Å². The van der Waals surface area contributed by atoms with E-state index in [4.69, 9.17) is 7.48 Å². The van der Waals surface area contributed by atoms with Crippen molar-refractivity contribution in [3.63, 3.8) is 0 Å². The summed E-state index contributed by atoms with van der Waals surface area (Å²) in [7, 11) is 1.94. The SMILES string of the molecule is [2H]C([2H])(C1CCOCC1)N1C[C@H]2CC(Nc3ccc(-c4ccc5nn(C)cc5c4C)nn3)C[C@H]2C1. The van der Waals surface area contributed by atoms with Crippen LogP contribution in [0.5, 0.6) is 0 Å². The fourth-order valence-electron chi connectivity index (χ4n) is 6.00. The van der Waals surface area contributed by atoms with Crippen LogP contribution in [-0.4, -0.2) is 63.7 Å². The van der Waals surface area contributed by atoms with Gasteiger partial charge in [-0.25, -0.2) is 0 Å². The highest BCUT2D eigenvalue weighted by Crippen LogP contribution is 2.39. The molecule has 4 heterocycles. The Morgan fingerprint density at radius 1 is 1.09 bits per heavy atom. The van der Waals surface area contributed by atoms with Gasteiger partial charge in [0.15, 0.2) is 0 Å². The Kier molecular flexibility index (Phi) is 4.97. The van der Waals surface area contributed by atoms with Crippen molar-refractivity contribution in [1.82, 2.24) is 24.9 Å². The first-order valence-electron chi connectivity index (χ1n) is 13.2. The van der Waals surface area contributed by atoms with Gasteiger partial charge < -0.3 is 15.0 Å². The summed E-state index contributed by atoms with van der Waals surface area (Å²) >= 11 is 0. The number of hydrogen-bond acceptors (Lipinski definition) is 6. The van der Waals surface area contributed by atoms with Crippen LogP contribution >= 0.6 is 0 Å². The molecular weight excluding hydrogens is 412 g/mol. The first-order chi connectivity index (χ1) is 16.9. The van der Waals surface area contributed by atoms with E-state index in [1.54, 1.807) is 0 Å². The second-order valence-corrected chi connectivity index (χ2v) is 10.0. The summed E-state index contributed by atoms with van der Waals surface area (Å²) < 4.78 is 24.8. The van der Waals surface area contributed by atoms with Crippen LogP contribution < -0.4 is 5.32 Å². The lowest BCUT2D eigenvalue weighted by Gasteiger charge is -2.27.